The highest BCUT2D eigenvalue weighted by Crippen LogP contribution is 2.40. The fourth-order valence-electron chi connectivity index (χ4n) is 4.26. The Bertz CT molecular complexity index is 671. The number of carbonyl (C=O) groups excluding carboxylic acids is 2. The van der Waals surface area contributed by atoms with Crippen molar-refractivity contribution in [2.24, 2.45) is 5.92 Å². The molecule has 0 aromatic carbocycles. The quantitative estimate of drug-likeness (QED) is 0.735. The smallest absolute Gasteiger partial charge is 0.273 e. The number of carbonyl (C=O) groups is 2. The Morgan fingerprint density at radius 2 is 1.86 bits per heavy atom. The molecular formula is C21H31N3O4. The van der Waals surface area contributed by atoms with Gasteiger partial charge in [0.25, 0.3) is 5.91 Å². The molecule has 154 valence electrons. The molecule has 7 nitrogen and oxygen atoms in total. The molecule has 1 saturated heterocycles. The zero-order chi connectivity index (χ0) is 19.3. The van der Waals surface area contributed by atoms with Crippen LogP contribution in [0.3, 0.4) is 0 Å². The molecular weight excluding hydrogens is 358 g/mol. The van der Waals surface area contributed by atoms with E-state index < -0.39 is 0 Å². The molecule has 3 aliphatic rings. The molecule has 0 bridgehead atoms. The Labute approximate surface area is 166 Å². The lowest BCUT2D eigenvalue weighted by molar-refractivity contribution is -0.120. The van der Waals surface area contributed by atoms with Crippen molar-refractivity contribution in [3.8, 4) is 0 Å². The second kappa shape index (κ2) is 9.18. The van der Waals surface area contributed by atoms with Gasteiger partial charge in [0.1, 0.15) is 11.5 Å². The SMILES string of the molecule is O=C(CCN1CCOCC1)CC1CCC(NC(=O)c2cc(C3CC3)on2)CC1. The van der Waals surface area contributed by atoms with Crippen LogP contribution in [0.1, 0.15) is 73.5 Å². The Hall–Kier alpha value is -1.73. The Morgan fingerprint density at radius 3 is 2.57 bits per heavy atom. The van der Waals surface area contributed by atoms with Crippen LogP contribution in [0.25, 0.3) is 0 Å². The maximum absolute atomic E-state index is 12.4. The van der Waals surface area contributed by atoms with Crippen LogP contribution in [0.15, 0.2) is 10.6 Å². The summed E-state index contributed by atoms with van der Waals surface area (Å²) in [7, 11) is 0. The second-order valence-corrected chi connectivity index (χ2v) is 8.53. The van der Waals surface area contributed by atoms with Gasteiger partial charge < -0.3 is 14.6 Å². The third-order valence-electron chi connectivity index (χ3n) is 6.25. The van der Waals surface area contributed by atoms with E-state index in [1.165, 1.54) is 0 Å². The van der Waals surface area contributed by atoms with Crippen molar-refractivity contribution < 1.29 is 18.8 Å². The van der Waals surface area contributed by atoms with E-state index in [2.05, 4.69) is 15.4 Å². The monoisotopic (exact) mass is 389 g/mol. The third kappa shape index (κ3) is 5.41. The molecule has 4 rings (SSSR count). The summed E-state index contributed by atoms with van der Waals surface area (Å²) in [6, 6.07) is 1.96. The molecule has 7 heteroatoms. The molecule has 0 unspecified atom stereocenters. The average Bonchev–Trinajstić information content (AvgIpc) is 3.45. The number of hydrogen-bond acceptors (Lipinski definition) is 6. The first-order valence-electron chi connectivity index (χ1n) is 10.8. The van der Waals surface area contributed by atoms with Crippen molar-refractivity contribution >= 4 is 11.7 Å². The molecule has 28 heavy (non-hydrogen) atoms. The molecule has 3 fully saturated rings. The maximum Gasteiger partial charge on any atom is 0.273 e. The van der Waals surface area contributed by atoms with Crippen LogP contribution in [0.5, 0.6) is 0 Å². The number of nitrogens with one attached hydrogen (secondary N) is 1. The highest BCUT2D eigenvalue weighted by Gasteiger charge is 2.30. The Balaban J connectivity index is 1.13. The third-order valence-corrected chi connectivity index (χ3v) is 6.25. The van der Waals surface area contributed by atoms with Crippen LogP contribution in [-0.4, -0.2) is 60.6 Å². The summed E-state index contributed by atoms with van der Waals surface area (Å²) in [5.74, 6) is 1.99. The minimum absolute atomic E-state index is 0.138. The van der Waals surface area contributed by atoms with Crippen molar-refractivity contribution in [2.75, 3.05) is 32.8 Å². The Kier molecular flexibility index (Phi) is 6.42. The predicted octanol–water partition coefficient (Wildman–Crippen LogP) is 2.52. The minimum Gasteiger partial charge on any atom is -0.379 e. The van der Waals surface area contributed by atoms with Gasteiger partial charge in [0, 0.05) is 50.5 Å². The highest BCUT2D eigenvalue weighted by atomic mass is 16.5. The Morgan fingerprint density at radius 1 is 1.11 bits per heavy atom. The lowest BCUT2D eigenvalue weighted by Gasteiger charge is -2.29. The van der Waals surface area contributed by atoms with Crippen molar-refractivity contribution in [1.29, 1.82) is 0 Å². The summed E-state index contributed by atoms with van der Waals surface area (Å²) >= 11 is 0. The van der Waals surface area contributed by atoms with Gasteiger partial charge >= 0.3 is 0 Å². The molecule has 0 radical (unpaired) electrons. The number of aromatic nitrogens is 1. The summed E-state index contributed by atoms with van der Waals surface area (Å²) < 4.78 is 10.6. The normalized spacial score (nSPS) is 26.1. The van der Waals surface area contributed by atoms with Crippen LogP contribution in [0.2, 0.25) is 0 Å². The molecule has 2 aliphatic carbocycles. The van der Waals surface area contributed by atoms with Crippen molar-refractivity contribution in [3.63, 3.8) is 0 Å². The first-order valence-corrected chi connectivity index (χ1v) is 10.8. The van der Waals surface area contributed by atoms with E-state index in [1.807, 2.05) is 0 Å². The largest absolute Gasteiger partial charge is 0.379 e. The van der Waals surface area contributed by atoms with Crippen LogP contribution >= 0.6 is 0 Å². The first-order chi connectivity index (χ1) is 13.7. The summed E-state index contributed by atoms with van der Waals surface area (Å²) in [6.45, 7) is 4.28. The van der Waals surface area contributed by atoms with E-state index in [0.717, 1.165) is 77.1 Å². The van der Waals surface area contributed by atoms with Gasteiger partial charge in [-0.15, -0.1) is 0 Å². The number of morpholine rings is 1. The van der Waals surface area contributed by atoms with Gasteiger partial charge in [0.2, 0.25) is 0 Å². The van der Waals surface area contributed by atoms with Gasteiger partial charge in [0.05, 0.1) is 13.2 Å². The number of nitrogens with zero attached hydrogens (tertiary/aromatic N) is 2. The highest BCUT2D eigenvalue weighted by molar-refractivity contribution is 5.92. The number of amides is 1. The molecule has 1 amide bonds. The molecule has 1 aliphatic heterocycles. The summed E-state index contributed by atoms with van der Waals surface area (Å²) in [5, 5.41) is 7.00. The van der Waals surface area contributed by atoms with Gasteiger partial charge in [-0.25, -0.2) is 0 Å². The molecule has 1 N–H and O–H groups in total. The average molecular weight is 389 g/mol. The number of ether oxygens (including phenoxy) is 1. The molecule has 0 atom stereocenters. The fraction of sp³-hybridized carbons (Fsp3) is 0.762. The number of hydrogen-bond donors (Lipinski definition) is 1. The zero-order valence-corrected chi connectivity index (χ0v) is 16.5. The summed E-state index contributed by atoms with van der Waals surface area (Å²) in [6.07, 6.45) is 7.45. The van der Waals surface area contributed by atoms with E-state index in [-0.39, 0.29) is 11.9 Å². The topological polar surface area (TPSA) is 84.7 Å². The first kappa shape index (κ1) is 19.6. The van der Waals surface area contributed by atoms with Gasteiger partial charge in [-0.2, -0.15) is 0 Å². The number of ketones is 1. The van der Waals surface area contributed by atoms with E-state index in [0.29, 0.717) is 36.2 Å². The van der Waals surface area contributed by atoms with Crippen molar-refractivity contribution in [1.82, 2.24) is 15.4 Å². The molecule has 1 aromatic heterocycles. The molecule has 0 spiro atoms. The van der Waals surface area contributed by atoms with Crippen molar-refractivity contribution in [2.45, 2.75) is 63.3 Å². The van der Waals surface area contributed by atoms with Crippen LogP contribution in [-0.2, 0) is 9.53 Å². The van der Waals surface area contributed by atoms with Crippen LogP contribution in [0.4, 0.5) is 0 Å². The summed E-state index contributed by atoms with van der Waals surface area (Å²) in [5.41, 5.74) is 0.391. The van der Waals surface area contributed by atoms with Gasteiger partial charge in [0.15, 0.2) is 5.69 Å². The maximum atomic E-state index is 12.4. The minimum atomic E-state index is -0.138. The number of rotatable bonds is 8. The number of Topliss-reactive ketones (excluding diaryl/α,β-unsaturated/α-hetero) is 1. The van der Waals surface area contributed by atoms with Gasteiger partial charge in [-0.1, -0.05) is 5.16 Å². The van der Waals surface area contributed by atoms with Gasteiger partial charge in [-0.3, -0.25) is 14.5 Å². The predicted molar refractivity (Wildman–Crippen MR) is 103 cm³/mol. The molecule has 2 heterocycles. The molecule has 2 saturated carbocycles. The van der Waals surface area contributed by atoms with E-state index >= 15 is 0 Å². The lowest BCUT2D eigenvalue weighted by atomic mass is 9.82. The van der Waals surface area contributed by atoms with E-state index in [4.69, 9.17) is 9.26 Å². The fourth-order valence-corrected chi connectivity index (χ4v) is 4.26. The standard InChI is InChI=1S/C21H31N3O4/c25-18(7-8-24-9-11-27-12-10-24)13-15-1-5-17(6-2-15)22-21(26)19-14-20(28-23-19)16-3-4-16/h14-17H,1-13H2,(H,22,26). The van der Waals surface area contributed by atoms with Crippen LogP contribution < -0.4 is 5.32 Å². The summed E-state index contributed by atoms with van der Waals surface area (Å²) in [4.78, 5) is 27.0. The van der Waals surface area contributed by atoms with E-state index in [9.17, 15) is 9.59 Å². The lowest BCUT2D eigenvalue weighted by Crippen LogP contribution is -2.38. The van der Waals surface area contributed by atoms with Crippen molar-refractivity contribution in [3.05, 3.63) is 17.5 Å². The van der Waals surface area contributed by atoms with Gasteiger partial charge in [-0.05, 0) is 44.4 Å². The zero-order valence-electron chi connectivity index (χ0n) is 16.5. The van der Waals surface area contributed by atoms with Crippen LogP contribution in [0, 0.1) is 5.92 Å². The van der Waals surface area contributed by atoms with E-state index in [1.54, 1.807) is 6.07 Å². The molecule has 1 aromatic rings. The second-order valence-electron chi connectivity index (χ2n) is 8.53.